The van der Waals surface area contributed by atoms with Crippen molar-refractivity contribution in [1.82, 2.24) is 4.98 Å². The number of pyridine rings is 1. The summed E-state index contributed by atoms with van der Waals surface area (Å²) in [5.41, 5.74) is 0.819. The zero-order valence-corrected chi connectivity index (χ0v) is 15.3. The summed E-state index contributed by atoms with van der Waals surface area (Å²) in [6, 6.07) is 8.86. The summed E-state index contributed by atoms with van der Waals surface area (Å²) < 4.78 is 11.5. The lowest BCUT2D eigenvalue weighted by Gasteiger charge is -2.15. The van der Waals surface area contributed by atoms with E-state index in [0.717, 1.165) is 12.8 Å². The maximum absolute atomic E-state index is 12.6. The number of hydrogen-bond acceptors (Lipinski definition) is 4. The Hall–Kier alpha value is -1.59. The van der Waals surface area contributed by atoms with Gasteiger partial charge in [0.2, 0.25) is 0 Å². The zero-order valence-electron chi connectivity index (χ0n) is 12.9. The van der Waals surface area contributed by atoms with Crippen LogP contribution in [0.5, 0.6) is 11.5 Å². The van der Waals surface area contributed by atoms with E-state index in [4.69, 9.17) is 21.1 Å². The van der Waals surface area contributed by atoms with Gasteiger partial charge in [-0.1, -0.05) is 43.1 Å². The quantitative estimate of drug-likeness (QED) is 0.290. The molecule has 122 valence electrons. The van der Waals surface area contributed by atoms with Crippen molar-refractivity contribution in [2.24, 2.45) is 0 Å². The van der Waals surface area contributed by atoms with E-state index < -0.39 is 5.97 Å². The second-order valence-corrected chi connectivity index (χ2v) is 6.04. The van der Waals surface area contributed by atoms with Crippen LogP contribution in [-0.4, -0.2) is 17.6 Å². The number of benzene rings is 1. The van der Waals surface area contributed by atoms with Crippen LogP contribution < -0.4 is 9.47 Å². The molecule has 0 spiro atoms. The average molecular weight is 399 g/mol. The molecule has 0 aliphatic rings. The molecule has 0 unspecified atom stereocenters. The van der Waals surface area contributed by atoms with Crippen LogP contribution in [0.1, 0.15) is 35.7 Å². The number of nitrogens with zero attached hydrogens (tertiary/aromatic N) is 1. The van der Waals surface area contributed by atoms with Crippen LogP contribution in [0, 0.1) is 6.92 Å². The number of unbranched alkanes of at least 4 members (excludes halogenated alkanes) is 1. The van der Waals surface area contributed by atoms with Crippen LogP contribution in [-0.2, 0) is 0 Å². The molecule has 1 heterocycles. The molecule has 0 amide bonds. The van der Waals surface area contributed by atoms with Gasteiger partial charge in [-0.2, -0.15) is 0 Å². The van der Waals surface area contributed by atoms with Gasteiger partial charge in [-0.15, -0.1) is 0 Å². The Morgan fingerprint density at radius 1 is 1.30 bits per heavy atom. The summed E-state index contributed by atoms with van der Waals surface area (Å²) in [6.45, 7) is 4.27. The molecule has 23 heavy (non-hydrogen) atoms. The molecule has 0 fully saturated rings. The number of hydrogen-bond donors (Lipinski definition) is 0. The van der Waals surface area contributed by atoms with Gasteiger partial charge in [0.15, 0.2) is 10.4 Å². The first-order chi connectivity index (χ1) is 11.0. The monoisotopic (exact) mass is 397 g/mol. The largest absolute Gasteiger partial charge is 0.490 e. The highest BCUT2D eigenvalue weighted by molar-refractivity contribution is 9.10. The first-order valence-corrected chi connectivity index (χ1v) is 8.47. The van der Waals surface area contributed by atoms with Gasteiger partial charge in [0.25, 0.3) is 0 Å². The van der Waals surface area contributed by atoms with Crippen molar-refractivity contribution in [2.75, 3.05) is 6.61 Å². The lowest BCUT2D eigenvalue weighted by Crippen LogP contribution is -2.14. The summed E-state index contributed by atoms with van der Waals surface area (Å²) in [4.78, 5) is 16.7. The van der Waals surface area contributed by atoms with Crippen LogP contribution >= 0.6 is 27.5 Å². The van der Waals surface area contributed by atoms with E-state index in [1.807, 2.05) is 6.07 Å². The van der Waals surface area contributed by atoms with Gasteiger partial charge in [-0.25, -0.2) is 9.78 Å². The Kier molecular flexibility index (Phi) is 6.42. The fourth-order valence-corrected chi connectivity index (χ4v) is 2.71. The zero-order chi connectivity index (χ0) is 16.8. The molecule has 0 bridgehead atoms. The minimum Gasteiger partial charge on any atom is -0.490 e. The summed E-state index contributed by atoms with van der Waals surface area (Å²) in [6.07, 6.45) is 1.86. The van der Waals surface area contributed by atoms with E-state index in [0.29, 0.717) is 28.3 Å². The third-order valence-corrected chi connectivity index (χ3v) is 4.10. The molecule has 0 aliphatic carbocycles. The Morgan fingerprint density at radius 2 is 2.00 bits per heavy atom. The smallest absolute Gasteiger partial charge is 0.347 e. The number of carbonyl (C=O) groups excluding carboxylic acids is 1. The van der Waals surface area contributed by atoms with Crippen molar-refractivity contribution in [3.05, 3.63) is 51.2 Å². The number of carbonyl (C=O) groups is 1. The molecular formula is C17H17BrClNO3. The van der Waals surface area contributed by atoms with E-state index in [2.05, 4.69) is 27.8 Å². The minimum absolute atomic E-state index is 0.236. The van der Waals surface area contributed by atoms with E-state index in [1.165, 1.54) is 0 Å². The normalized spacial score (nSPS) is 10.4. The van der Waals surface area contributed by atoms with Gasteiger partial charge >= 0.3 is 5.97 Å². The topological polar surface area (TPSA) is 48.4 Å². The second-order valence-electron chi connectivity index (χ2n) is 4.93. The fraction of sp³-hybridized carbons (Fsp3) is 0.294. The summed E-state index contributed by atoms with van der Waals surface area (Å²) in [7, 11) is 0. The van der Waals surface area contributed by atoms with Crippen LogP contribution in [0.2, 0.25) is 5.15 Å². The first kappa shape index (κ1) is 17.8. The molecule has 0 saturated carbocycles. The molecule has 1 aromatic carbocycles. The van der Waals surface area contributed by atoms with E-state index in [9.17, 15) is 4.79 Å². The van der Waals surface area contributed by atoms with E-state index in [-0.39, 0.29) is 10.7 Å². The molecule has 0 atom stereocenters. The van der Waals surface area contributed by atoms with Crippen molar-refractivity contribution >= 4 is 33.5 Å². The Morgan fingerprint density at radius 3 is 2.65 bits per heavy atom. The molecule has 0 N–H and O–H groups in total. The molecule has 6 heteroatoms. The molecule has 2 rings (SSSR count). The van der Waals surface area contributed by atoms with Crippen molar-refractivity contribution in [2.45, 2.75) is 26.7 Å². The standard InChI is InChI=1S/C17H17BrClNO3/c1-3-4-10-22-14-13(11(2)16(19)20-15(14)18)17(21)23-12-8-6-5-7-9-12/h5-9H,3-4,10H2,1-2H3. The molecule has 0 radical (unpaired) electrons. The number of ether oxygens (including phenoxy) is 2. The van der Waals surface area contributed by atoms with Crippen molar-refractivity contribution in [3.63, 3.8) is 0 Å². The molecule has 0 aliphatic heterocycles. The SMILES string of the molecule is CCCCOc1c(Br)nc(Cl)c(C)c1C(=O)Oc1ccccc1. The molecular weight excluding hydrogens is 382 g/mol. The number of rotatable bonds is 6. The third kappa shape index (κ3) is 4.45. The van der Waals surface area contributed by atoms with Crippen LogP contribution in [0.4, 0.5) is 0 Å². The Bertz CT molecular complexity index is 692. The second kappa shape index (κ2) is 8.31. The number of esters is 1. The van der Waals surface area contributed by atoms with Crippen molar-refractivity contribution in [3.8, 4) is 11.5 Å². The molecule has 4 nitrogen and oxygen atoms in total. The molecule has 0 saturated heterocycles. The summed E-state index contributed by atoms with van der Waals surface area (Å²) in [5.74, 6) is 0.298. The third-order valence-electron chi connectivity index (χ3n) is 3.20. The number of aromatic nitrogens is 1. The fourth-order valence-electron chi connectivity index (χ4n) is 1.94. The Balaban J connectivity index is 2.36. The van der Waals surface area contributed by atoms with E-state index >= 15 is 0 Å². The predicted molar refractivity (Wildman–Crippen MR) is 93.5 cm³/mol. The predicted octanol–water partition coefficient (Wildman–Crippen LogP) is 5.20. The lowest BCUT2D eigenvalue weighted by atomic mass is 10.1. The highest BCUT2D eigenvalue weighted by Gasteiger charge is 2.24. The first-order valence-electron chi connectivity index (χ1n) is 7.30. The van der Waals surface area contributed by atoms with Gasteiger partial charge in [-0.3, -0.25) is 0 Å². The highest BCUT2D eigenvalue weighted by atomic mass is 79.9. The van der Waals surface area contributed by atoms with Crippen molar-refractivity contribution < 1.29 is 14.3 Å². The molecule has 1 aromatic heterocycles. The van der Waals surface area contributed by atoms with Gasteiger partial charge < -0.3 is 9.47 Å². The lowest BCUT2D eigenvalue weighted by molar-refractivity contribution is 0.0729. The number of halogens is 2. The maximum Gasteiger partial charge on any atom is 0.347 e. The molecule has 2 aromatic rings. The highest BCUT2D eigenvalue weighted by Crippen LogP contribution is 2.34. The van der Waals surface area contributed by atoms with Crippen molar-refractivity contribution in [1.29, 1.82) is 0 Å². The van der Waals surface area contributed by atoms with Gasteiger partial charge in [-0.05, 0) is 41.4 Å². The minimum atomic E-state index is -0.523. The van der Waals surface area contributed by atoms with Gasteiger partial charge in [0.05, 0.1) is 6.61 Å². The summed E-state index contributed by atoms with van der Waals surface area (Å²) in [5, 5.41) is 0.236. The number of para-hydroxylation sites is 1. The van der Waals surface area contributed by atoms with Crippen LogP contribution in [0.15, 0.2) is 34.9 Å². The van der Waals surface area contributed by atoms with Crippen LogP contribution in [0.3, 0.4) is 0 Å². The Labute approximate surface area is 148 Å². The maximum atomic E-state index is 12.6. The summed E-state index contributed by atoms with van der Waals surface area (Å²) >= 11 is 9.40. The average Bonchev–Trinajstić information content (AvgIpc) is 2.53. The van der Waals surface area contributed by atoms with Gasteiger partial charge in [0.1, 0.15) is 16.5 Å². The van der Waals surface area contributed by atoms with E-state index in [1.54, 1.807) is 31.2 Å². The van der Waals surface area contributed by atoms with Crippen LogP contribution in [0.25, 0.3) is 0 Å². The van der Waals surface area contributed by atoms with Gasteiger partial charge in [0, 0.05) is 5.56 Å².